The third-order valence-electron chi connectivity index (χ3n) is 7.99. The zero-order chi connectivity index (χ0) is 25.5. The highest BCUT2D eigenvalue weighted by molar-refractivity contribution is 7.89. The Morgan fingerprint density at radius 1 is 1.22 bits per heavy atom. The molecular formula is C27H33ClN2O5S. The Morgan fingerprint density at radius 3 is 2.75 bits per heavy atom. The molecule has 1 spiro atoms. The van der Waals surface area contributed by atoms with E-state index in [0.717, 1.165) is 68.8 Å². The number of fused-ring (bicyclic) bond motifs is 3. The molecule has 0 aromatic heterocycles. The fourth-order valence-corrected chi connectivity index (χ4v) is 6.73. The number of carbonyl (C=O) groups is 1. The van der Waals surface area contributed by atoms with E-state index in [-0.39, 0.29) is 5.41 Å². The molecule has 0 saturated heterocycles. The van der Waals surface area contributed by atoms with Crippen LogP contribution in [0.15, 0.2) is 36.4 Å². The van der Waals surface area contributed by atoms with Crippen LogP contribution in [0.2, 0.25) is 5.02 Å². The first-order chi connectivity index (χ1) is 17.2. The van der Waals surface area contributed by atoms with Gasteiger partial charge in [-0.1, -0.05) is 17.7 Å². The number of rotatable bonds is 6. The smallest absolute Gasteiger partial charge is 0.264 e. The number of nitrogens with one attached hydrogen (secondary N) is 1. The summed E-state index contributed by atoms with van der Waals surface area (Å²) in [4.78, 5) is 15.0. The number of amides is 1. The molecule has 3 atom stereocenters. The summed E-state index contributed by atoms with van der Waals surface area (Å²) in [6.07, 6.45) is 6.32. The van der Waals surface area contributed by atoms with E-state index in [1.165, 1.54) is 11.1 Å². The van der Waals surface area contributed by atoms with Crippen molar-refractivity contribution in [3.63, 3.8) is 0 Å². The van der Waals surface area contributed by atoms with Crippen LogP contribution in [-0.2, 0) is 26.6 Å². The number of methoxy groups -OCH3 is 1. The number of hydrogen-bond acceptors (Lipinski definition) is 6. The highest BCUT2D eigenvalue weighted by atomic mass is 35.5. The minimum atomic E-state index is -3.67. The van der Waals surface area contributed by atoms with Crippen LogP contribution in [0.25, 0.3) is 0 Å². The number of anilines is 1. The van der Waals surface area contributed by atoms with Crippen LogP contribution in [0.5, 0.6) is 5.75 Å². The summed E-state index contributed by atoms with van der Waals surface area (Å²) < 4.78 is 37.3. The zero-order valence-corrected chi connectivity index (χ0v) is 22.3. The van der Waals surface area contributed by atoms with Gasteiger partial charge in [0, 0.05) is 42.8 Å². The first-order valence-electron chi connectivity index (χ1n) is 12.5. The van der Waals surface area contributed by atoms with Gasteiger partial charge < -0.3 is 14.4 Å². The normalized spacial score (nSPS) is 25.2. The van der Waals surface area contributed by atoms with Gasteiger partial charge in [0.2, 0.25) is 10.0 Å². The van der Waals surface area contributed by atoms with Crippen molar-refractivity contribution >= 4 is 33.2 Å². The summed E-state index contributed by atoms with van der Waals surface area (Å²) >= 11 is 6.34. The molecule has 9 heteroatoms. The summed E-state index contributed by atoms with van der Waals surface area (Å²) in [6, 6.07) is 11.4. The van der Waals surface area contributed by atoms with Gasteiger partial charge in [-0.25, -0.2) is 13.1 Å². The van der Waals surface area contributed by atoms with Crippen molar-refractivity contribution in [3.8, 4) is 5.75 Å². The molecule has 1 amide bonds. The van der Waals surface area contributed by atoms with E-state index >= 15 is 0 Å². The molecule has 194 valence electrons. The number of halogens is 1. The Morgan fingerprint density at radius 2 is 2.03 bits per heavy atom. The predicted octanol–water partition coefficient (Wildman–Crippen LogP) is 4.18. The molecular weight excluding hydrogens is 500 g/mol. The van der Waals surface area contributed by atoms with E-state index in [0.29, 0.717) is 29.8 Å². The number of carbonyl (C=O) groups excluding carboxylic acids is 1. The molecule has 0 bridgehead atoms. The monoisotopic (exact) mass is 532 g/mol. The largest absolute Gasteiger partial charge is 0.490 e. The maximum absolute atomic E-state index is 12.7. The molecule has 3 aliphatic rings. The Bertz CT molecular complexity index is 1270. The average Bonchev–Trinajstić information content (AvgIpc) is 2.96. The van der Waals surface area contributed by atoms with E-state index in [1.54, 1.807) is 25.3 Å². The number of aryl methyl sites for hydroxylation is 1. The first kappa shape index (κ1) is 25.4. The van der Waals surface area contributed by atoms with Gasteiger partial charge in [0.1, 0.15) is 5.75 Å². The predicted molar refractivity (Wildman–Crippen MR) is 141 cm³/mol. The van der Waals surface area contributed by atoms with Crippen LogP contribution in [0.1, 0.15) is 47.2 Å². The average molecular weight is 533 g/mol. The van der Waals surface area contributed by atoms with Crippen LogP contribution >= 0.6 is 11.6 Å². The number of ether oxygens (including phenoxy) is 2. The fraction of sp³-hybridized carbons (Fsp3) is 0.519. The van der Waals surface area contributed by atoms with Crippen molar-refractivity contribution < 1.29 is 22.7 Å². The summed E-state index contributed by atoms with van der Waals surface area (Å²) in [5.41, 5.74) is 3.48. The Balaban J connectivity index is 1.53. The second-order valence-corrected chi connectivity index (χ2v) is 12.7. The number of nitrogens with zero attached hydrogens (tertiary/aromatic N) is 1. The maximum Gasteiger partial charge on any atom is 0.264 e. The molecule has 2 aromatic carbocycles. The molecule has 1 saturated carbocycles. The standard InChI is InChI=1S/C27H33ClN2O5S/c1-34-15-21-6-5-20(21)14-30-16-27(11-3-4-18-12-22(28)8-9-23(18)27)17-35-25-10-7-19(13-24(25)30)26(31)29-36(2,32)33/h7-10,12-13,20-21H,3-6,11,14-17H2,1-2H3,(H,29,31)/t20-,21-,27-/m0/s1. The highest BCUT2D eigenvalue weighted by Gasteiger charge is 2.43. The second kappa shape index (κ2) is 9.88. The molecule has 36 heavy (non-hydrogen) atoms. The topological polar surface area (TPSA) is 84.9 Å². The van der Waals surface area contributed by atoms with Gasteiger partial charge in [0.15, 0.2) is 0 Å². The molecule has 1 N–H and O–H groups in total. The van der Waals surface area contributed by atoms with Crippen molar-refractivity contribution in [2.24, 2.45) is 11.8 Å². The third-order valence-corrected chi connectivity index (χ3v) is 8.78. The summed E-state index contributed by atoms with van der Waals surface area (Å²) in [7, 11) is -1.92. The lowest BCUT2D eigenvalue weighted by molar-refractivity contribution is 0.0622. The van der Waals surface area contributed by atoms with Crippen LogP contribution in [0.3, 0.4) is 0 Å². The van der Waals surface area contributed by atoms with Crippen molar-refractivity contribution in [3.05, 3.63) is 58.1 Å². The van der Waals surface area contributed by atoms with E-state index in [9.17, 15) is 13.2 Å². The Hall–Kier alpha value is -2.29. The van der Waals surface area contributed by atoms with Crippen LogP contribution in [-0.4, -0.2) is 54.0 Å². The number of sulfonamides is 1. The van der Waals surface area contributed by atoms with E-state index in [1.807, 2.05) is 6.07 Å². The summed E-state index contributed by atoms with van der Waals surface area (Å²) in [5.74, 6) is 1.06. The SMILES string of the molecule is COC[C@@H]1CC[C@H]1CN1C[C@@]2(CCCc3cc(Cl)ccc32)COc2ccc(C(=O)NS(C)(=O)=O)cc21. The van der Waals surface area contributed by atoms with Crippen LogP contribution in [0.4, 0.5) is 5.69 Å². The van der Waals surface area contributed by atoms with Gasteiger partial charge in [-0.15, -0.1) is 0 Å². The molecule has 1 fully saturated rings. The molecule has 5 rings (SSSR count). The van der Waals surface area contributed by atoms with E-state index < -0.39 is 15.9 Å². The Labute approximate surface area is 218 Å². The first-order valence-corrected chi connectivity index (χ1v) is 14.8. The summed E-state index contributed by atoms with van der Waals surface area (Å²) in [5, 5.41) is 0.749. The molecule has 2 aliphatic carbocycles. The Kier molecular flexibility index (Phi) is 6.96. The van der Waals surface area contributed by atoms with Gasteiger partial charge in [0.05, 0.1) is 18.6 Å². The minimum Gasteiger partial charge on any atom is -0.490 e. The van der Waals surface area contributed by atoms with Crippen LogP contribution in [0, 0.1) is 11.8 Å². The van der Waals surface area contributed by atoms with Crippen molar-refractivity contribution in [2.45, 2.75) is 37.5 Å². The molecule has 7 nitrogen and oxygen atoms in total. The van der Waals surface area contributed by atoms with E-state index in [2.05, 4.69) is 21.8 Å². The third kappa shape index (κ3) is 5.08. The van der Waals surface area contributed by atoms with Gasteiger partial charge >= 0.3 is 0 Å². The van der Waals surface area contributed by atoms with Crippen molar-refractivity contribution in [2.75, 3.05) is 44.6 Å². The number of hydrogen-bond donors (Lipinski definition) is 1. The second-order valence-electron chi connectivity index (χ2n) is 10.5. The molecule has 2 aromatic rings. The van der Waals surface area contributed by atoms with Gasteiger partial charge in [0.25, 0.3) is 5.91 Å². The van der Waals surface area contributed by atoms with E-state index in [4.69, 9.17) is 21.1 Å². The zero-order valence-electron chi connectivity index (χ0n) is 20.8. The quantitative estimate of drug-likeness (QED) is 0.601. The summed E-state index contributed by atoms with van der Waals surface area (Å²) in [6.45, 7) is 2.85. The van der Waals surface area contributed by atoms with Gasteiger partial charge in [-0.2, -0.15) is 0 Å². The minimum absolute atomic E-state index is 0.202. The van der Waals surface area contributed by atoms with Gasteiger partial charge in [-0.05, 0) is 85.4 Å². The molecule has 0 unspecified atom stereocenters. The lowest BCUT2D eigenvalue weighted by Gasteiger charge is -2.44. The highest BCUT2D eigenvalue weighted by Crippen LogP contribution is 2.46. The molecule has 1 aliphatic heterocycles. The lowest BCUT2D eigenvalue weighted by Crippen LogP contribution is -2.48. The molecule has 0 radical (unpaired) electrons. The molecule has 1 heterocycles. The fourth-order valence-electron chi connectivity index (χ4n) is 6.08. The van der Waals surface area contributed by atoms with Gasteiger partial charge in [-0.3, -0.25) is 4.79 Å². The maximum atomic E-state index is 12.7. The van der Waals surface area contributed by atoms with Crippen molar-refractivity contribution in [1.82, 2.24) is 4.72 Å². The van der Waals surface area contributed by atoms with Crippen LogP contribution < -0.4 is 14.4 Å². The van der Waals surface area contributed by atoms with Crippen molar-refractivity contribution in [1.29, 1.82) is 0 Å². The lowest BCUT2D eigenvalue weighted by atomic mass is 9.69. The number of benzene rings is 2.